The average Bonchev–Trinajstić information content (AvgIpc) is 2.62. The van der Waals surface area contributed by atoms with E-state index in [4.69, 9.17) is 11.6 Å². The van der Waals surface area contributed by atoms with E-state index in [1.54, 1.807) is 0 Å². The predicted molar refractivity (Wildman–Crippen MR) is 66.4 cm³/mol. The molecule has 84 valence electrons. The summed E-state index contributed by atoms with van der Waals surface area (Å²) in [4.78, 5) is 4.37. The van der Waals surface area contributed by atoms with Crippen LogP contribution in [0.15, 0.2) is 30.6 Å². The normalized spacial score (nSPS) is 10.7. The van der Waals surface area contributed by atoms with Crippen LogP contribution in [0.4, 0.5) is 0 Å². The molecular formula is C12H14ClN3. The van der Waals surface area contributed by atoms with Crippen LogP contribution in [-0.4, -0.2) is 16.6 Å². The topological polar surface area (TPSA) is 29.9 Å². The summed E-state index contributed by atoms with van der Waals surface area (Å²) in [6.07, 6.45) is 1.83. The van der Waals surface area contributed by atoms with Gasteiger partial charge in [-0.25, -0.2) is 4.98 Å². The number of imidazole rings is 1. The number of nitrogens with zero attached hydrogens (tertiary/aromatic N) is 2. The Morgan fingerprint density at radius 2 is 2.00 bits per heavy atom. The first kappa shape index (κ1) is 11.2. The minimum absolute atomic E-state index is 0.751. The lowest BCUT2D eigenvalue weighted by molar-refractivity contribution is 0.797. The minimum Gasteiger partial charge on any atom is -0.333 e. The number of hydrogen-bond acceptors (Lipinski definition) is 2. The summed E-state index contributed by atoms with van der Waals surface area (Å²) >= 11 is 5.88. The Morgan fingerprint density at radius 3 is 2.62 bits per heavy atom. The van der Waals surface area contributed by atoms with Gasteiger partial charge in [-0.2, -0.15) is 0 Å². The van der Waals surface area contributed by atoms with E-state index in [1.165, 1.54) is 0 Å². The quantitative estimate of drug-likeness (QED) is 0.886. The summed E-state index contributed by atoms with van der Waals surface area (Å²) in [6.45, 7) is 0.763. The second kappa shape index (κ2) is 4.68. The second-order valence-corrected chi connectivity index (χ2v) is 4.12. The zero-order valence-electron chi connectivity index (χ0n) is 9.37. The van der Waals surface area contributed by atoms with E-state index >= 15 is 0 Å². The van der Waals surface area contributed by atoms with Gasteiger partial charge in [0.2, 0.25) is 0 Å². The van der Waals surface area contributed by atoms with Crippen molar-refractivity contribution in [3.63, 3.8) is 0 Å². The standard InChI is InChI=1S/C12H14ClN3/c1-14-7-11-12(16(2)8-15-11)9-3-5-10(13)6-4-9/h3-6,8,14H,7H2,1-2H3. The molecular weight excluding hydrogens is 222 g/mol. The summed E-state index contributed by atoms with van der Waals surface area (Å²) in [5.74, 6) is 0. The lowest BCUT2D eigenvalue weighted by atomic mass is 10.1. The number of aromatic nitrogens is 2. The van der Waals surface area contributed by atoms with Crippen molar-refractivity contribution in [3.8, 4) is 11.3 Å². The van der Waals surface area contributed by atoms with Crippen LogP contribution in [0, 0.1) is 0 Å². The summed E-state index contributed by atoms with van der Waals surface area (Å²) < 4.78 is 2.02. The Kier molecular flexibility index (Phi) is 3.27. The first-order valence-corrected chi connectivity index (χ1v) is 5.51. The van der Waals surface area contributed by atoms with Crippen LogP contribution in [0.5, 0.6) is 0 Å². The fourth-order valence-electron chi connectivity index (χ4n) is 1.75. The van der Waals surface area contributed by atoms with Crippen molar-refractivity contribution in [1.82, 2.24) is 14.9 Å². The molecule has 0 spiro atoms. The monoisotopic (exact) mass is 235 g/mol. The molecule has 0 amide bonds. The molecule has 3 nitrogen and oxygen atoms in total. The van der Waals surface area contributed by atoms with E-state index in [1.807, 2.05) is 49.3 Å². The van der Waals surface area contributed by atoms with Gasteiger partial charge in [0.1, 0.15) is 0 Å². The number of hydrogen-bond donors (Lipinski definition) is 1. The van der Waals surface area contributed by atoms with Crippen LogP contribution in [0.2, 0.25) is 5.02 Å². The van der Waals surface area contributed by atoms with Crippen molar-refractivity contribution < 1.29 is 0 Å². The fraction of sp³-hybridized carbons (Fsp3) is 0.250. The third-order valence-electron chi connectivity index (χ3n) is 2.47. The molecule has 0 saturated heterocycles. The van der Waals surface area contributed by atoms with Crippen LogP contribution in [-0.2, 0) is 13.6 Å². The zero-order chi connectivity index (χ0) is 11.5. The molecule has 1 N–H and O–H groups in total. The van der Waals surface area contributed by atoms with Crippen LogP contribution in [0.1, 0.15) is 5.69 Å². The number of benzene rings is 1. The van der Waals surface area contributed by atoms with Gasteiger partial charge < -0.3 is 9.88 Å². The molecule has 0 radical (unpaired) electrons. The Morgan fingerprint density at radius 1 is 1.31 bits per heavy atom. The highest BCUT2D eigenvalue weighted by Gasteiger charge is 2.09. The lowest BCUT2D eigenvalue weighted by Crippen LogP contribution is -2.07. The van der Waals surface area contributed by atoms with Crippen molar-refractivity contribution in [1.29, 1.82) is 0 Å². The van der Waals surface area contributed by atoms with Gasteiger partial charge in [0.05, 0.1) is 17.7 Å². The Labute approximate surface area is 100 Å². The molecule has 2 rings (SSSR count). The van der Waals surface area contributed by atoms with Crippen molar-refractivity contribution >= 4 is 11.6 Å². The largest absolute Gasteiger partial charge is 0.333 e. The molecule has 0 aliphatic carbocycles. The van der Waals surface area contributed by atoms with Gasteiger partial charge in [-0.15, -0.1) is 0 Å². The molecule has 2 aromatic rings. The first-order chi connectivity index (χ1) is 7.72. The highest BCUT2D eigenvalue weighted by Crippen LogP contribution is 2.24. The number of halogens is 1. The molecule has 1 aromatic carbocycles. The molecule has 1 heterocycles. The molecule has 0 fully saturated rings. The highest BCUT2D eigenvalue weighted by atomic mass is 35.5. The van der Waals surface area contributed by atoms with Crippen LogP contribution < -0.4 is 5.32 Å². The summed E-state index contributed by atoms with van der Waals surface area (Å²) in [5, 5.41) is 3.87. The SMILES string of the molecule is CNCc1ncn(C)c1-c1ccc(Cl)cc1. The number of rotatable bonds is 3. The lowest BCUT2D eigenvalue weighted by Gasteiger charge is -2.06. The summed E-state index contributed by atoms with van der Waals surface area (Å²) in [5.41, 5.74) is 3.31. The van der Waals surface area contributed by atoms with Gasteiger partial charge in [-0.05, 0) is 19.2 Å². The molecule has 0 aliphatic rings. The molecule has 0 saturated carbocycles. The molecule has 1 aromatic heterocycles. The van der Waals surface area contributed by atoms with E-state index in [0.29, 0.717) is 0 Å². The van der Waals surface area contributed by atoms with Crippen LogP contribution in [0.3, 0.4) is 0 Å². The Bertz CT molecular complexity index is 474. The van der Waals surface area contributed by atoms with Crippen LogP contribution in [0.25, 0.3) is 11.3 Å². The zero-order valence-corrected chi connectivity index (χ0v) is 10.1. The van der Waals surface area contributed by atoms with Crippen molar-refractivity contribution in [2.45, 2.75) is 6.54 Å². The summed E-state index contributed by atoms with van der Waals surface area (Å²) in [6, 6.07) is 7.82. The van der Waals surface area contributed by atoms with Crippen molar-refractivity contribution in [2.24, 2.45) is 7.05 Å². The fourth-order valence-corrected chi connectivity index (χ4v) is 1.88. The first-order valence-electron chi connectivity index (χ1n) is 5.13. The summed E-state index contributed by atoms with van der Waals surface area (Å²) in [7, 11) is 3.91. The van der Waals surface area contributed by atoms with Crippen molar-refractivity contribution in [2.75, 3.05) is 7.05 Å². The minimum atomic E-state index is 0.751. The van der Waals surface area contributed by atoms with Gasteiger partial charge in [0.15, 0.2) is 0 Å². The van der Waals surface area contributed by atoms with Gasteiger partial charge in [-0.1, -0.05) is 23.7 Å². The van der Waals surface area contributed by atoms with Gasteiger partial charge >= 0.3 is 0 Å². The third-order valence-corrected chi connectivity index (χ3v) is 2.73. The second-order valence-electron chi connectivity index (χ2n) is 3.69. The maximum absolute atomic E-state index is 5.88. The Balaban J connectivity index is 2.45. The van der Waals surface area contributed by atoms with Crippen molar-refractivity contribution in [3.05, 3.63) is 41.3 Å². The molecule has 4 heteroatoms. The van der Waals surface area contributed by atoms with E-state index in [9.17, 15) is 0 Å². The van der Waals surface area contributed by atoms with E-state index < -0.39 is 0 Å². The molecule has 0 aliphatic heterocycles. The smallest absolute Gasteiger partial charge is 0.0952 e. The van der Waals surface area contributed by atoms with Gasteiger partial charge in [-0.3, -0.25) is 0 Å². The maximum atomic E-state index is 5.88. The maximum Gasteiger partial charge on any atom is 0.0952 e. The number of aryl methyl sites for hydroxylation is 1. The number of nitrogens with one attached hydrogen (secondary N) is 1. The molecule has 0 unspecified atom stereocenters. The average molecular weight is 236 g/mol. The highest BCUT2D eigenvalue weighted by molar-refractivity contribution is 6.30. The van der Waals surface area contributed by atoms with E-state index in [2.05, 4.69) is 10.3 Å². The van der Waals surface area contributed by atoms with Gasteiger partial charge in [0.25, 0.3) is 0 Å². The van der Waals surface area contributed by atoms with Crippen LogP contribution >= 0.6 is 11.6 Å². The van der Waals surface area contributed by atoms with Gasteiger partial charge in [0, 0.05) is 24.2 Å². The van der Waals surface area contributed by atoms with E-state index in [-0.39, 0.29) is 0 Å². The molecule has 16 heavy (non-hydrogen) atoms. The molecule has 0 bridgehead atoms. The Hall–Kier alpha value is -1.32. The predicted octanol–water partition coefficient (Wildman–Crippen LogP) is 2.46. The van der Waals surface area contributed by atoms with E-state index in [0.717, 1.165) is 28.5 Å². The third kappa shape index (κ3) is 2.10. The molecule has 0 atom stereocenters.